The Balaban J connectivity index is 1.81. The number of benzene rings is 1. The first-order valence-corrected chi connectivity index (χ1v) is 6.81. The summed E-state index contributed by atoms with van der Waals surface area (Å²) in [6.07, 6.45) is 2.81. The Morgan fingerprint density at radius 1 is 1.25 bits per heavy atom. The fourth-order valence-corrected chi connectivity index (χ4v) is 2.44. The molecule has 1 aliphatic heterocycles. The van der Waals surface area contributed by atoms with Gasteiger partial charge in [0, 0.05) is 25.7 Å². The Bertz CT molecular complexity index is 595. The van der Waals surface area contributed by atoms with Gasteiger partial charge in [-0.05, 0) is 30.8 Å². The van der Waals surface area contributed by atoms with Gasteiger partial charge in [-0.3, -0.25) is 4.68 Å². The number of hydrogen-bond donors (Lipinski definition) is 1. The first-order chi connectivity index (χ1) is 9.76. The van der Waals surface area contributed by atoms with Crippen LogP contribution in [0, 0.1) is 0 Å². The minimum Gasteiger partial charge on any atom is -0.486 e. The number of likely N-dealkylation sites (N-methyl/N-ethyl adjacent to an activating group) is 1. The number of aryl methyl sites for hydroxylation is 1. The van der Waals surface area contributed by atoms with E-state index in [1.807, 2.05) is 37.1 Å². The number of hydrogen-bond acceptors (Lipinski definition) is 4. The molecule has 0 saturated heterocycles. The van der Waals surface area contributed by atoms with Crippen molar-refractivity contribution in [2.75, 3.05) is 20.3 Å². The summed E-state index contributed by atoms with van der Waals surface area (Å²) in [5, 5.41) is 7.77. The third-order valence-corrected chi connectivity index (χ3v) is 3.50. The predicted octanol–water partition coefficient (Wildman–Crippen LogP) is 1.69. The minimum absolute atomic E-state index is 0.209. The summed E-state index contributed by atoms with van der Waals surface area (Å²) in [4.78, 5) is 0. The maximum absolute atomic E-state index is 5.64. The summed E-state index contributed by atoms with van der Waals surface area (Å²) in [7, 11) is 3.90. The summed E-state index contributed by atoms with van der Waals surface area (Å²) in [5.41, 5.74) is 2.25. The van der Waals surface area contributed by atoms with E-state index >= 15 is 0 Å². The average Bonchev–Trinajstić information content (AvgIpc) is 2.89. The maximum Gasteiger partial charge on any atom is 0.161 e. The summed E-state index contributed by atoms with van der Waals surface area (Å²) < 4.78 is 13.0. The number of ether oxygens (including phenoxy) is 2. The molecular weight excluding hydrogens is 254 g/mol. The molecule has 0 radical (unpaired) electrons. The fourth-order valence-electron chi connectivity index (χ4n) is 2.44. The monoisotopic (exact) mass is 273 g/mol. The van der Waals surface area contributed by atoms with E-state index in [0.29, 0.717) is 13.2 Å². The van der Waals surface area contributed by atoms with E-state index in [0.717, 1.165) is 23.6 Å². The van der Waals surface area contributed by atoms with Gasteiger partial charge in [0.05, 0.1) is 5.69 Å². The molecule has 0 amide bonds. The van der Waals surface area contributed by atoms with Crippen LogP contribution in [0.4, 0.5) is 0 Å². The van der Waals surface area contributed by atoms with Crippen molar-refractivity contribution in [3.8, 4) is 11.5 Å². The van der Waals surface area contributed by atoms with Gasteiger partial charge in [0.1, 0.15) is 13.2 Å². The molecule has 106 valence electrons. The number of rotatable bonds is 4. The molecule has 2 aromatic rings. The van der Waals surface area contributed by atoms with Crippen LogP contribution >= 0.6 is 0 Å². The van der Waals surface area contributed by atoms with E-state index in [4.69, 9.17) is 9.47 Å². The lowest BCUT2D eigenvalue weighted by Crippen LogP contribution is -2.20. The maximum atomic E-state index is 5.64. The molecule has 1 aromatic heterocycles. The molecule has 0 fully saturated rings. The Morgan fingerprint density at radius 2 is 2.05 bits per heavy atom. The molecule has 5 heteroatoms. The van der Waals surface area contributed by atoms with Gasteiger partial charge < -0.3 is 14.8 Å². The largest absolute Gasteiger partial charge is 0.486 e. The normalized spacial score (nSPS) is 15.1. The SMILES string of the molecule is CNC(Cc1ccn(C)n1)c1ccc2c(c1)OCCO2. The highest BCUT2D eigenvalue weighted by molar-refractivity contribution is 5.44. The zero-order valence-electron chi connectivity index (χ0n) is 11.8. The van der Waals surface area contributed by atoms with Gasteiger partial charge in [0.25, 0.3) is 0 Å². The summed E-state index contributed by atoms with van der Waals surface area (Å²) in [6, 6.07) is 8.37. The molecule has 3 rings (SSSR count). The van der Waals surface area contributed by atoms with Crippen LogP contribution in [-0.2, 0) is 13.5 Å². The highest BCUT2D eigenvalue weighted by Crippen LogP contribution is 2.33. The predicted molar refractivity (Wildman–Crippen MR) is 76.1 cm³/mol. The Morgan fingerprint density at radius 3 is 2.75 bits per heavy atom. The second kappa shape index (κ2) is 5.54. The lowest BCUT2D eigenvalue weighted by Gasteiger charge is -2.21. The Labute approximate surface area is 118 Å². The molecule has 2 heterocycles. The zero-order chi connectivity index (χ0) is 13.9. The average molecular weight is 273 g/mol. The topological polar surface area (TPSA) is 48.3 Å². The molecule has 1 atom stereocenters. The molecule has 1 unspecified atom stereocenters. The van der Waals surface area contributed by atoms with Gasteiger partial charge in [-0.1, -0.05) is 6.07 Å². The van der Waals surface area contributed by atoms with Crippen molar-refractivity contribution in [2.45, 2.75) is 12.5 Å². The lowest BCUT2D eigenvalue weighted by atomic mass is 10.0. The standard InChI is InChI=1S/C15H19N3O2/c1-16-13(10-12-5-6-18(2)17-12)11-3-4-14-15(9-11)20-8-7-19-14/h3-6,9,13,16H,7-8,10H2,1-2H3. The highest BCUT2D eigenvalue weighted by Gasteiger charge is 2.17. The number of nitrogens with one attached hydrogen (secondary N) is 1. The van der Waals surface area contributed by atoms with E-state index < -0.39 is 0 Å². The summed E-state index contributed by atoms with van der Waals surface area (Å²) in [5.74, 6) is 1.66. The zero-order valence-corrected chi connectivity index (χ0v) is 11.8. The van der Waals surface area contributed by atoms with Crippen LogP contribution in [0.5, 0.6) is 11.5 Å². The Kier molecular flexibility index (Phi) is 3.60. The molecule has 0 bridgehead atoms. The highest BCUT2D eigenvalue weighted by atomic mass is 16.6. The molecule has 1 N–H and O–H groups in total. The second-order valence-electron chi connectivity index (χ2n) is 4.93. The van der Waals surface area contributed by atoms with Crippen molar-refractivity contribution >= 4 is 0 Å². The van der Waals surface area contributed by atoms with E-state index in [2.05, 4.69) is 22.5 Å². The molecule has 0 aliphatic carbocycles. The van der Waals surface area contributed by atoms with Crippen molar-refractivity contribution in [3.05, 3.63) is 41.7 Å². The van der Waals surface area contributed by atoms with E-state index in [1.54, 1.807) is 0 Å². The van der Waals surface area contributed by atoms with Crippen LogP contribution in [-0.4, -0.2) is 30.0 Å². The van der Waals surface area contributed by atoms with Crippen LogP contribution < -0.4 is 14.8 Å². The molecule has 0 spiro atoms. The van der Waals surface area contributed by atoms with Crippen LogP contribution in [0.2, 0.25) is 0 Å². The van der Waals surface area contributed by atoms with Crippen molar-refractivity contribution in [2.24, 2.45) is 7.05 Å². The molecule has 1 aliphatic rings. The lowest BCUT2D eigenvalue weighted by molar-refractivity contribution is 0.171. The van der Waals surface area contributed by atoms with Crippen molar-refractivity contribution in [3.63, 3.8) is 0 Å². The smallest absolute Gasteiger partial charge is 0.161 e. The number of aromatic nitrogens is 2. The number of fused-ring (bicyclic) bond motifs is 1. The van der Waals surface area contributed by atoms with Crippen LogP contribution in [0.15, 0.2) is 30.5 Å². The van der Waals surface area contributed by atoms with Crippen molar-refractivity contribution in [1.29, 1.82) is 0 Å². The molecule has 0 saturated carbocycles. The van der Waals surface area contributed by atoms with Gasteiger partial charge in [0.15, 0.2) is 11.5 Å². The first kappa shape index (κ1) is 13.0. The van der Waals surface area contributed by atoms with Gasteiger partial charge in [-0.15, -0.1) is 0 Å². The minimum atomic E-state index is 0.209. The van der Waals surface area contributed by atoms with E-state index in [9.17, 15) is 0 Å². The van der Waals surface area contributed by atoms with Gasteiger partial charge in [-0.2, -0.15) is 5.10 Å². The van der Waals surface area contributed by atoms with Gasteiger partial charge in [-0.25, -0.2) is 0 Å². The van der Waals surface area contributed by atoms with Crippen molar-refractivity contribution in [1.82, 2.24) is 15.1 Å². The molecule has 1 aromatic carbocycles. The van der Waals surface area contributed by atoms with E-state index in [1.165, 1.54) is 5.56 Å². The van der Waals surface area contributed by atoms with Crippen LogP contribution in [0.25, 0.3) is 0 Å². The van der Waals surface area contributed by atoms with Gasteiger partial charge in [0.2, 0.25) is 0 Å². The fraction of sp³-hybridized carbons (Fsp3) is 0.400. The van der Waals surface area contributed by atoms with Gasteiger partial charge >= 0.3 is 0 Å². The molecule has 5 nitrogen and oxygen atoms in total. The van der Waals surface area contributed by atoms with Crippen LogP contribution in [0.3, 0.4) is 0 Å². The third-order valence-electron chi connectivity index (χ3n) is 3.50. The quantitative estimate of drug-likeness (QED) is 0.921. The molecule has 20 heavy (non-hydrogen) atoms. The summed E-state index contributed by atoms with van der Waals surface area (Å²) >= 11 is 0. The van der Waals surface area contributed by atoms with E-state index in [-0.39, 0.29) is 6.04 Å². The second-order valence-corrected chi connectivity index (χ2v) is 4.93. The Hall–Kier alpha value is -2.01. The first-order valence-electron chi connectivity index (χ1n) is 6.81. The van der Waals surface area contributed by atoms with Crippen molar-refractivity contribution < 1.29 is 9.47 Å². The third kappa shape index (κ3) is 2.63. The summed E-state index contributed by atoms with van der Waals surface area (Å²) in [6.45, 7) is 1.23. The number of nitrogens with zero attached hydrogens (tertiary/aromatic N) is 2. The molecular formula is C15H19N3O2. The van der Waals surface area contributed by atoms with Crippen LogP contribution in [0.1, 0.15) is 17.3 Å².